The van der Waals surface area contributed by atoms with Crippen molar-refractivity contribution < 1.29 is 13.5 Å². The van der Waals surface area contributed by atoms with Gasteiger partial charge in [-0.3, -0.25) is 4.79 Å². The lowest BCUT2D eigenvalue weighted by molar-refractivity contribution is -0.0494. The van der Waals surface area contributed by atoms with Crippen LogP contribution in [0.2, 0.25) is 0 Å². The summed E-state index contributed by atoms with van der Waals surface area (Å²) in [5.41, 5.74) is 1.23. The van der Waals surface area contributed by atoms with E-state index in [0.717, 1.165) is 0 Å². The van der Waals surface area contributed by atoms with Crippen molar-refractivity contribution in [3.05, 3.63) is 45.9 Å². The van der Waals surface area contributed by atoms with Crippen LogP contribution in [0, 0.1) is 6.92 Å². The molecule has 0 aliphatic carbocycles. The van der Waals surface area contributed by atoms with Gasteiger partial charge in [0.15, 0.2) is 0 Å². The Morgan fingerprint density at radius 1 is 1.24 bits per heavy atom. The van der Waals surface area contributed by atoms with Crippen LogP contribution < -0.4 is 10.3 Å². The Labute approximate surface area is 120 Å². The van der Waals surface area contributed by atoms with Crippen LogP contribution in [0.5, 0.6) is 5.75 Å². The highest BCUT2D eigenvalue weighted by atomic mass is 19.3. The summed E-state index contributed by atoms with van der Waals surface area (Å²) in [6.07, 6.45) is 0. The molecule has 1 heterocycles. The molecule has 2 aromatic rings. The lowest BCUT2D eigenvalue weighted by Gasteiger charge is -2.12. The van der Waals surface area contributed by atoms with Crippen molar-refractivity contribution in [2.75, 3.05) is 0 Å². The highest BCUT2D eigenvalue weighted by Gasteiger charge is 2.16. The first-order valence-electron chi connectivity index (χ1n) is 6.55. The monoisotopic (exact) mass is 294 g/mol. The number of nitrogens with zero attached hydrogens (tertiary/aromatic N) is 1. The zero-order valence-electron chi connectivity index (χ0n) is 12.0. The van der Waals surface area contributed by atoms with Crippen molar-refractivity contribution in [3.63, 3.8) is 0 Å². The van der Waals surface area contributed by atoms with E-state index in [1.165, 1.54) is 6.07 Å². The Hall–Kier alpha value is -2.24. The van der Waals surface area contributed by atoms with Crippen LogP contribution in [0.4, 0.5) is 8.78 Å². The number of alkyl halides is 2. The average Bonchev–Trinajstić information content (AvgIpc) is 2.37. The summed E-state index contributed by atoms with van der Waals surface area (Å²) in [5.74, 6) is 0.230. The molecule has 6 heteroatoms. The van der Waals surface area contributed by atoms with E-state index < -0.39 is 6.61 Å². The summed E-state index contributed by atoms with van der Waals surface area (Å²) < 4.78 is 29.3. The maximum absolute atomic E-state index is 12.4. The normalized spacial score (nSPS) is 11.2. The molecule has 0 spiro atoms. The summed E-state index contributed by atoms with van der Waals surface area (Å²) in [4.78, 5) is 19.1. The number of ether oxygens (including phenoxy) is 1. The molecule has 112 valence electrons. The Kier molecular flexibility index (Phi) is 4.35. The topological polar surface area (TPSA) is 55.0 Å². The molecule has 0 radical (unpaired) electrons. The van der Waals surface area contributed by atoms with Crippen LogP contribution in [0.3, 0.4) is 0 Å². The van der Waals surface area contributed by atoms with E-state index in [0.29, 0.717) is 16.8 Å². The number of nitrogens with one attached hydrogen (secondary N) is 1. The predicted octanol–water partition coefficient (Wildman–Crippen LogP) is 3.47. The summed E-state index contributed by atoms with van der Waals surface area (Å²) in [5, 5.41) is 0. The largest absolute Gasteiger partial charge is 0.434 e. The number of aromatic amines is 1. The van der Waals surface area contributed by atoms with Gasteiger partial charge in [0.1, 0.15) is 11.6 Å². The fraction of sp³-hybridized carbons (Fsp3) is 0.333. The third kappa shape index (κ3) is 3.26. The molecule has 0 aliphatic heterocycles. The zero-order valence-corrected chi connectivity index (χ0v) is 12.0. The molecule has 0 saturated carbocycles. The molecule has 0 amide bonds. The Morgan fingerprint density at radius 2 is 1.90 bits per heavy atom. The fourth-order valence-electron chi connectivity index (χ4n) is 2.26. The first-order valence-corrected chi connectivity index (χ1v) is 6.55. The summed E-state index contributed by atoms with van der Waals surface area (Å²) in [7, 11) is 0. The number of hydrogen-bond acceptors (Lipinski definition) is 3. The molecule has 1 aromatic heterocycles. The van der Waals surface area contributed by atoms with Gasteiger partial charge in [-0.25, -0.2) is 4.98 Å². The number of aromatic nitrogens is 2. The first-order chi connectivity index (χ1) is 9.90. The van der Waals surface area contributed by atoms with Crippen LogP contribution in [-0.4, -0.2) is 16.6 Å². The fourth-order valence-corrected chi connectivity index (χ4v) is 2.26. The van der Waals surface area contributed by atoms with Crippen molar-refractivity contribution in [2.24, 2.45) is 0 Å². The highest BCUT2D eigenvalue weighted by molar-refractivity contribution is 5.64. The van der Waals surface area contributed by atoms with Crippen molar-refractivity contribution in [1.29, 1.82) is 0 Å². The number of benzene rings is 1. The molecule has 0 aliphatic rings. The van der Waals surface area contributed by atoms with E-state index in [9.17, 15) is 13.6 Å². The van der Waals surface area contributed by atoms with Gasteiger partial charge in [0.05, 0.1) is 5.56 Å². The Bertz CT molecular complexity index is 696. The average molecular weight is 294 g/mol. The second kappa shape index (κ2) is 6.03. The minimum Gasteiger partial charge on any atom is -0.434 e. The van der Waals surface area contributed by atoms with Gasteiger partial charge in [0.2, 0.25) is 0 Å². The summed E-state index contributed by atoms with van der Waals surface area (Å²) in [6, 6.07) is 6.23. The molecule has 0 bridgehead atoms. The lowest BCUT2D eigenvalue weighted by atomic mass is 10.0. The van der Waals surface area contributed by atoms with Crippen LogP contribution in [-0.2, 0) is 0 Å². The zero-order chi connectivity index (χ0) is 15.6. The second-order valence-electron chi connectivity index (χ2n) is 4.94. The number of para-hydroxylation sites is 1. The Balaban J connectivity index is 2.56. The quantitative estimate of drug-likeness (QED) is 0.939. The third-order valence-electron chi connectivity index (χ3n) is 3.08. The number of hydrogen-bond donors (Lipinski definition) is 1. The molecular formula is C15H16F2N2O2. The summed E-state index contributed by atoms with van der Waals surface area (Å²) >= 11 is 0. The SMILES string of the molecule is Cc1nc(-c2ccccc2OC(F)F)[nH]c(=O)c1C(C)C. The van der Waals surface area contributed by atoms with Crippen LogP contribution in [0.25, 0.3) is 11.4 Å². The molecule has 0 saturated heterocycles. The number of H-pyrrole nitrogens is 1. The minimum absolute atomic E-state index is 0.0210. The van der Waals surface area contributed by atoms with Gasteiger partial charge >= 0.3 is 6.61 Å². The van der Waals surface area contributed by atoms with E-state index in [2.05, 4.69) is 14.7 Å². The van der Waals surface area contributed by atoms with Crippen molar-refractivity contribution in [3.8, 4) is 17.1 Å². The highest BCUT2D eigenvalue weighted by Crippen LogP contribution is 2.28. The number of rotatable bonds is 4. The van der Waals surface area contributed by atoms with Gasteiger partial charge in [0, 0.05) is 11.3 Å². The van der Waals surface area contributed by atoms with Crippen LogP contribution in [0.1, 0.15) is 31.0 Å². The standard InChI is InChI=1S/C15H16F2N2O2/c1-8(2)12-9(3)18-13(19-14(12)20)10-6-4-5-7-11(10)21-15(16)17/h4-8,15H,1-3H3,(H,18,19,20). The van der Waals surface area contributed by atoms with Gasteiger partial charge in [-0.15, -0.1) is 0 Å². The predicted molar refractivity (Wildman–Crippen MR) is 75.8 cm³/mol. The molecule has 1 aromatic carbocycles. The first kappa shape index (κ1) is 15.2. The van der Waals surface area contributed by atoms with E-state index >= 15 is 0 Å². The number of halogens is 2. The molecule has 2 rings (SSSR count). The third-order valence-corrected chi connectivity index (χ3v) is 3.08. The smallest absolute Gasteiger partial charge is 0.387 e. The maximum atomic E-state index is 12.4. The van der Waals surface area contributed by atoms with Gasteiger partial charge in [-0.2, -0.15) is 8.78 Å². The van der Waals surface area contributed by atoms with E-state index in [4.69, 9.17) is 0 Å². The van der Waals surface area contributed by atoms with Crippen molar-refractivity contribution in [2.45, 2.75) is 33.3 Å². The maximum Gasteiger partial charge on any atom is 0.387 e. The molecule has 21 heavy (non-hydrogen) atoms. The molecule has 0 unspecified atom stereocenters. The van der Waals surface area contributed by atoms with E-state index in [1.54, 1.807) is 25.1 Å². The Morgan fingerprint density at radius 3 is 2.48 bits per heavy atom. The van der Waals surface area contributed by atoms with Crippen molar-refractivity contribution >= 4 is 0 Å². The molecule has 0 fully saturated rings. The van der Waals surface area contributed by atoms with Gasteiger partial charge in [-0.1, -0.05) is 26.0 Å². The van der Waals surface area contributed by atoms with Gasteiger partial charge < -0.3 is 9.72 Å². The lowest BCUT2D eigenvalue weighted by Crippen LogP contribution is -2.18. The molecule has 1 N–H and O–H groups in total. The second-order valence-corrected chi connectivity index (χ2v) is 4.94. The number of aryl methyl sites for hydroxylation is 1. The van der Waals surface area contributed by atoms with Crippen LogP contribution in [0.15, 0.2) is 29.1 Å². The van der Waals surface area contributed by atoms with E-state index in [1.807, 2.05) is 13.8 Å². The molecule has 0 atom stereocenters. The van der Waals surface area contributed by atoms with Gasteiger partial charge in [0.25, 0.3) is 5.56 Å². The summed E-state index contributed by atoms with van der Waals surface area (Å²) in [6.45, 7) is 2.58. The van der Waals surface area contributed by atoms with Gasteiger partial charge in [-0.05, 0) is 25.0 Å². The molecule has 4 nitrogen and oxygen atoms in total. The van der Waals surface area contributed by atoms with Crippen molar-refractivity contribution in [1.82, 2.24) is 9.97 Å². The molecular weight excluding hydrogens is 278 g/mol. The minimum atomic E-state index is -2.94. The van der Waals surface area contributed by atoms with E-state index in [-0.39, 0.29) is 23.1 Å². The van der Waals surface area contributed by atoms with Crippen LogP contribution >= 0.6 is 0 Å².